The van der Waals surface area contributed by atoms with Crippen molar-refractivity contribution in [2.45, 2.75) is 19.3 Å². The van der Waals surface area contributed by atoms with Gasteiger partial charge in [0.15, 0.2) is 11.5 Å². The molecule has 2 N–H and O–H groups in total. The third-order valence-corrected chi connectivity index (χ3v) is 6.31. The highest BCUT2D eigenvalue weighted by Gasteiger charge is 2.25. The Morgan fingerprint density at radius 1 is 1.09 bits per heavy atom. The first-order chi connectivity index (χ1) is 15.6. The van der Waals surface area contributed by atoms with E-state index in [-0.39, 0.29) is 18.4 Å². The Labute approximate surface area is 190 Å². The molecule has 2 amide bonds. The molecule has 7 nitrogen and oxygen atoms in total. The highest BCUT2D eigenvalue weighted by Crippen LogP contribution is 2.36. The number of nitrogens with one attached hydrogen (secondary N) is 2. The maximum Gasteiger partial charge on any atom is 0.259 e. The minimum absolute atomic E-state index is 0.183. The summed E-state index contributed by atoms with van der Waals surface area (Å²) in [6.07, 6.45) is 3.21. The second-order valence-electron chi connectivity index (χ2n) is 7.64. The predicted octanol–water partition coefficient (Wildman–Crippen LogP) is 3.97. The molecule has 166 valence electrons. The summed E-state index contributed by atoms with van der Waals surface area (Å²) in [6, 6.07) is 13.0. The van der Waals surface area contributed by atoms with Crippen LogP contribution in [0.4, 0.5) is 0 Å². The summed E-state index contributed by atoms with van der Waals surface area (Å²) in [5.74, 6) is 0.829. The van der Waals surface area contributed by atoms with Crippen molar-refractivity contribution in [2.75, 3.05) is 20.8 Å². The van der Waals surface area contributed by atoms with Crippen molar-refractivity contribution in [3.05, 3.63) is 59.0 Å². The van der Waals surface area contributed by atoms with Crippen molar-refractivity contribution in [3.8, 4) is 11.5 Å². The Balaban J connectivity index is 1.40. The van der Waals surface area contributed by atoms with Crippen LogP contribution in [-0.4, -0.2) is 38.3 Å². The summed E-state index contributed by atoms with van der Waals surface area (Å²) in [4.78, 5) is 24.8. The molecule has 1 aromatic heterocycles. The number of carbonyl (C=O) groups excluding carboxylic acids is 2. The Morgan fingerprint density at radius 2 is 1.88 bits per heavy atom. The van der Waals surface area contributed by atoms with Crippen LogP contribution in [0.25, 0.3) is 10.1 Å². The summed E-state index contributed by atoms with van der Waals surface area (Å²) in [7, 11) is 3.03. The first-order valence-corrected chi connectivity index (χ1v) is 11.3. The second kappa shape index (κ2) is 9.82. The van der Waals surface area contributed by atoms with Gasteiger partial charge in [0, 0.05) is 26.6 Å². The van der Waals surface area contributed by atoms with Gasteiger partial charge in [0.2, 0.25) is 0 Å². The number of rotatable bonds is 9. The van der Waals surface area contributed by atoms with Crippen LogP contribution in [0.2, 0.25) is 0 Å². The van der Waals surface area contributed by atoms with E-state index in [1.807, 2.05) is 12.1 Å². The van der Waals surface area contributed by atoms with Crippen molar-refractivity contribution in [1.29, 1.82) is 0 Å². The van der Waals surface area contributed by atoms with Crippen LogP contribution in [0.3, 0.4) is 0 Å². The molecule has 32 heavy (non-hydrogen) atoms. The number of hydrazone groups is 1. The quantitative estimate of drug-likeness (QED) is 0.381. The van der Waals surface area contributed by atoms with E-state index in [2.05, 4.69) is 33.4 Å². The molecule has 0 saturated heterocycles. The highest BCUT2D eigenvalue weighted by atomic mass is 32.1. The maximum absolute atomic E-state index is 12.4. The van der Waals surface area contributed by atoms with Gasteiger partial charge in [-0.3, -0.25) is 9.59 Å². The molecule has 0 bridgehead atoms. The highest BCUT2D eigenvalue weighted by molar-refractivity contribution is 7.17. The van der Waals surface area contributed by atoms with Crippen molar-refractivity contribution in [3.63, 3.8) is 0 Å². The predicted molar refractivity (Wildman–Crippen MR) is 126 cm³/mol. The lowest BCUT2D eigenvalue weighted by Crippen LogP contribution is -2.35. The normalized spacial score (nSPS) is 13.6. The van der Waals surface area contributed by atoms with Gasteiger partial charge < -0.3 is 14.8 Å². The zero-order valence-electron chi connectivity index (χ0n) is 18.0. The molecule has 0 spiro atoms. The summed E-state index contributed by atoms with van der Waals surface area (Å²) in [5.41, 5.74) is 4.93. The van der Waals surface area contributed by atoms with Crippen LogP contribution >= 0.6 is 11.3 Å². The molecule has 1 aliphatic rings. The lowest BCUT2D eigenvalue weighted by Gasteiger charge is -2.10. The Kier molecular flexibility index (Phi) is 6.70. The molecule has 4 rings (SSSR count). The molecule has 1 heterocycles. The van der Waals surface area contributed by atoms with Crippen LogP contribution < -0.4 is 20.2 Å². The molecule has 3 aromatic rings. The molecule has 0 radical (unpaired) electrons. The van der Waals surface area contributed by atoms with Crippen LogP contribution in [0.15, 0.2) is 52.9 Å². The van der Waals surface area contributed by atoms with Gasteiger partial charge in [-0.05, 0) is 49.4 Å². The number of ether oxygens (including phenoxy) is 2. The summed E-state index contributed by atoms with van der Waals surface area (Å²) >= 11 is 1.67. The Hall–Kier alpha value is -3.39. The van der Waals surface area contributed by atoms with Crippen LogP contribution in [0.1, 0.15) is 35.2 Å². The van der Waals surface area contributed by atoms with E-state index in [1.165, 1.54) is 31.8 Å². The fourth-order valence-electron chi connectivity index (χ4n) is 3.42. The van der Waals surface area contributed by atoms with E-state index < -0.39 is 0 Å². The number of hydrogen-bond donors (Lipinski definition) is 2. The van der Waals surface area contributed by atoms with E-state index in [0.717, 1.165) is 23.1 Å². The third-order valence-electron chi connectivity index (χ3n) is 5.34. The third kappa shape index (κ3) is 5.08. The van der Waals surface area contributed by atoms with Crippen molar-refractivity contribution in [2.24, 2.45) is 11.0 Å². The van der Waals surface area contributed by atoms with Gasteiger partial charge in [0.1, 0.15) is 0 Å². The molecule has 1 saturated carbocycles. The molecule has 0 atom stereocenters. The topological polar surface area (TPSA) is 89.0 Å². The van der Waals surface area contributed by atoms with Crippen LogP contribution in [0, 0.1) is 5.92 Å². The Bertz CT molecular complexity index is 1170. The lowest BCUT2D eigenvalue weighted by molar-refractivity contribution is -0.120. The zero-order chi connectivity index (χ0) is 22.5. The molecule has 8 heteroatoms. The van der Waals surface area contributed by atoms with Gasteiger partial charge in [-0.1, -0.05) is 18.2 Å². The van der Waals surface area contributed by atoms with Crippen molar-refractivity contribution >= 4 is 38.9 Å². The minimum atomic E-state index is -0.383. The maximum atomic E-state index is 12.4. The summed E-state index contributed by atoms with van der Waals surface area (Å²) in [5, 5.41) is 10.3. The minimum Gasteiger partial charge on any atom is -0.493 e. The fourth-order valence-corrected chi connectivity index (χ4v) is 4.39. The number of thiophene rings is 1. The zero-order valence-corrected chi connectivity index (χ0v) is 18.8. The number of nitrogens with zero attached hydrogens (tertiary/aromatic N) is 1. The van der Waals surface area contributed by atoms with E-state index in [9.17, 15) is 9.59 Å². The second-order valence-corrected chi connectivity index (χ2v) is 8.55. The lowest BCUT2D eigenvalue weighted by atomic mass is 10.0. The largest absolute Gasteiger partial charge is 0.493 e. The first-order valence-electron chi connectivity index (χ1n) is 10.4. The van der Waals surface area contributed by atoms with Gasteiger partial charge in [0.25, 0.3) is 11.8 Å². The SMILES string of the molecule is COc1ccc(C(=O)NCC(=O)N/N=C(\CC2CC2)c2csc3ccccc23)cc1OC. The molecule has 0 aliphatic heterocycles. The Morgan fingerprint density at radius 3 is 2.62 bits per heavy atom. The van der Waals surface area contributed by atoms with Gasteiger partial charge >= 0.3 is 0 Å². The first kappa shape index (κ1) is 21.8. The van der Waals surface area contributed by atoms with E-state index in [1.54, 1.807) is 29.5 Å². The fraction of sp³-hybridized carbons (Fsp3) is 0.292. The molecule has 1 fully saturated rings. The number of methoxy groups -OCH3 is 2. The molecule has 2 aromatic carbocycles. The summed E-state index contributed by atoms with van der Waals surface area (Å²) in [6.45, 7) is -0.183. The standard InChI is InChI=1S/C24H25N3O4S/c1-30-20-10-9-16(12-21(20)31-2)24(29)25-13-23(28)27-26-19(11-15-7-8-15)18-14-32-22-6-4-3-5-17(18)22/h3-6,9-10,12,14-15H,7-8,11,13H2,1-2H3,(H,25,29)(H,27,28)/b26-19+. The molecule has 1 aliphatic carbocycles. The number of benzene rings is 2. The number of fused-ring (bicyclic) bond motifs is 1. The van der Waals surface area contributed by atoms with Gasteiger partial charge in [-0.2, -0.15) is 5.10 Å². The van der Waals surface area contributed by atoms with E-state index in [0.29, 0.717) is 23.0 Å². The smallest absolute Gasteiger partial charge is 0.259 e. The van der Waals surface area contributed by atoms with Gasteiger partial charge in [-0.25, -0.2) is 5.43 Å². The average molecular weight is 452 g/mol. The van der Waals surface area contributed by atoms with Crippen molar-refractivity contribution < 1.29 is 19.1 Å². The summed E-state index contributed by atoms with van der Waals surface area (Å²) < 4.78 is 11.6. The number of carbonyl (C=O) groups is 2. The van der Waals surface area contributed by atoms with Crippen LogP contribution in [0.5, 0.6) is 11.5 Å². The van der Waals surface area contributed by atoms with Crippen molar-refractivity contribution in [1.82, 2.24) is 10.7 Å². The monoisotopic (exact) mass is 451 g/mol. The van der Waals surface area contributed by atoms with E-state index >= 15 is 0 Å². The van der Waals surface area contributed by atoms with Crippen LogP contribution in [-0.2, 0) is 4.79 Å². The number of amides is 2. The average Bonchev–Trinajstić information content (AvgIpc) is 3.55. The molecule has 0 unspecified atom stereocenters. The molecular weight excluding hydrogens is 426 g/mol. The molecular formula is C24H25N3O4S. The van der Waals surface area contributed by atoms with E-state index in [4.69, 9.17) is 9.47 Å². The van der Waals surface area contributed by atoms with Gasteiger partial charge in [-0.15, -0.1) is 11.3 Å². The number of hydrogen-bond acceptors (Lipinski definition) is 6. The van der Waals surface area contributed by atoms with Gasteiger partial charge in [0.05, 0.1) is 26.5 Å².